The third-order valence-electron chi connectivity index (χ3n) is 7.46. The maximum absolute atomic E-state index is 13.5. The van der Waals surface area contributed by atoms with Crippen LogP contribution in [0.3, 0.4) is 0 Å². The van der Waals surface area contributed by atoms with Crippen LogP contribution in [0.25, 0.3) is 0 Å². The van der Waals surface area contributed by atoms with Gasteiger partial charge in [-0.05, 0) is 74.2 Å². The first-order chi connectivity index (χ1) is 19.4. The summed E-state index contributed by atoms with van der Waals surface area (Å²) in [6.07, 6.45) is 5.16. The molecular formula is C30H29N5O4S. The minimum absolute atomic E-state index is 0.00756. The second-order valence-corrected chi connectivity index (χ2v) is 11.3. The van der Waals surface area contributed by atoms with Crippen molar-refractivity contribution in [3.8, 4) is 11.5 Å². The van der Waals surface area contributed by atoms with Crippen molar-refractivity contribution in [2.75, 3.05) is 4.90 Å². The lowest BCUT2D eigenvalue weighted by Crippen LogP contribution is -2.50. The molecule has 40 heavy (non-hydrogen) atoms. The van der Waals surface area contributed by atoms with Crippen LogP contribution in [0.2, 0.25) is 0 Å². The molecule has 1 fully saturated rings. The smallest absolute Gasteiger partial charge is 0.327 e. The van der Waals surface area contributed by atoms with Gasteiger partial charge >= 0.3 is 6.03 Å². The normalized spacial score (nSPS) is 22.7. The first-order valence-electron chi connectivity index (χ1n) is 13.2. The molecule has 0 saturated heterocycles. The van der Waals surface area contributed by atoms with Crippen molar-refractivity contribution >= 4 is 41.0 Å². The first-order valence-corrected chi connectivity index (χ1v) is 14.1. The number of para-hydroxylation sites is 1. The number of thioether (sulfide) groups is 1. The SMILES string of the molecule is C=CC(=O)N[C@@H]1CC[C@@H](NC(=O)C2Sc3nccc4c3C2NC(=O)N4c2ccc(Oc3ccccc3)cc2C)C1. The number of hydrogen-bond donors (Lipinski definition) is 3. The Labute approximate surface area is 236 Å². The van der Waals surface area contributed by atoms with E-state index in [9.17, 15) is 14.4 Å². The number of ether oxygens (including phenoxy) is 1. The standard InChI is InChI=1S/C30H29N5O4S/c1-3-24(36)32-18-9-10-19(16-18)33-28(37)27-26-25-23(13-14-31-29(25)40-27)35(30(38)34-26)22-12-11-21(15-17(22)2)39-20-7-5-4-6-8-20/h3-8,11-15,18-19,26-27H,1,9-10,16H2,2H3,(H,32,36)(H,33,37)(H,34,38)/t18-,19-,26?,27?/m1/s1. The van der Waals surface area contributed by atoms with Crippen molar-refractivity contribution in [2.24, 2.45) is 0 Å². The van der Waals surface area contributed by atoms with E-state index in [4.69, 9.17) is 4.74 Å². The Morgan fingerprint density at radius 2 is 1.85 bits per heavy atom. The first kappa shape index (κ1) is 25.9. The fourth-order valence-corrected chi connectivity index (χ4v) is 6.85. The predicted molar refractivity (Wildman–Crippen MR) is 153 cm³/mol. The monoisotopic (exact) mass is 555 g/mol. The van der Waals surface area contributed by atoms with Gasteiger partial charge < -0.3 is 20.7 Å². The number of carbonyl (C=O) groups is 3. The number of carbonyl (C=O) groups excluding carboxylic acids is 3. The molecule has 1 saturated carbocycles. The molecule has 0 spiro atoms. The highest BCUT2D eigenvalue weighted by molar-refractivity contribution is 8.01. The van der Waals surface area contributed by atoms with Crippen LogP contribution in [0.1, 0.15) is 36.4 Å². The molecule has 0 radical (unpaired) electrons. The van der Waals surface area contributed by atoms with Gasteiger partial charge in [0, 0.05) is 23.8 Å². The van der Waals surface area contributed by atoms with Crippen LogP contribution in [-0.2, 0) is 9.59 Å². The van der Waals surface area contributed by atoms with Crippen LogP contribution >= 0.6 is 11.8 Å². The minimum atomic E-state index is -0.542. The molecule has 4 atom stereocenters. The molecule has 3 aromatic rings. The van der Waals surface area contributed by atoms with Gasteiger partial charge in [-0.15, -0.1) is 0 Å². The highest BCUT2D eigenvalue weighted by Gasteiger charge is 2.47. The van der Waals surface area contributed by atoms with Crippen molar-refractivity contribution in [1.82, 2.24) is 20.9 Å². The number of anilines is 2. The van der Waals surface area contributed by atoms with Crippen LogP contribution in [0.5, 0.6) is 11.5 Å². The van der Waals surface area contributed by atoms with Crippen LogP contribution in [0.15, 0.2) is 78.5 Å². The molecule has 3 aliphatic rings. The Hall–Kier alpha value is -4.31. The van der Waals surface area contributed by atoms with Crippen LogP contribution < -0.4 is 25.6 Å². The zero-order chi connectivity index (χ0) is 27.8. The van der Waals surface area contributed by atoms with Gasteiger partial charge in [-0.2, -0.15) is 0 Å². The zero-order valence-corrected chi connectivity index (χ0v) is 22.7. The van der Waals surface area contributed by atoms with Crippen molar-refractivity contribution < 1.29 is 19.1 Å². The zero-order valence-electron chi connectivity index (χ0n) is 21.9. The molecule has 1 aromatic heterocycles. The topological polar surface area (TPSA) is 113 Å². The number of rotatable bonds is 7. The average Bonchev–Trinajstić information content (AvgIpc) is 3.55. The number of nitrogens with one attached hydrogen (secondary N) is 3. The van der Waals surface area contributed by atoms with E-state index in [0.717, 1.165) is 46.1 Å². The molecule has 0 bridgehead atoms. The van der Waals surface area contributed by atoms with Crippen molar-refractivity contribution in [3.05, 3.63) is 84.6 Å². The lowest BCUT2D eigenvalue weighted by Gasteiger charge is -2.35. The van der Waals surface area contributed by atoms with E-state index in [0.29, 0.717) is 12.2 Å². The number of urea groups is 1. The number of amides is 4. The Morgan fingerprint density at radius 1 is 1.07 bits per heavy atom. The largest absolute Gasteiger partial charge is 0.457 e. The molecule has 10 heteroatoms. The molecule has 6 rings (SSSR count). The fraction of sp³-hybridized carbons (Fsp3) is 0.267. The number of aromatic nitrogens is 1. The van der Waals surface area contributed by atoms with Crippen LogP contribution in [-0.4, -0.2) is 40.2 Å². The Morgan fingerprint density at radius 3 is 2.60 bits per heavy atom. The number of hydrogen-bond acceptors (Lipinski definition) is 6. The summed E-state index contributed by atoms with van der Waals surface area (Å²) in [6, 6.07) is 16.1. The molecule has 3 heterocycles. The lowest BCUT2D eigenvalue weighted by atomic mass is 9.99. The molecule has 2 aliphatic heterocycles. The van der Waals surface area contributed by atoms with E-state index >= 15 is 0 Å². The van der Waals surface area contributed by atoms with Crippen LogP contribution in [0, 0.1) is 6.92 Å². The van der Waals surface area contributed by atoms with Gasteiger partial charge in [0.25, 0.3) is 0 Å². The number of pyridine rings is 1. The maximum Gasteiger partial charge on any atom is 0.327 e. The van der Waals surface area contributed by atoms with Gasteiger partial charge in [-0.3, -0.25) is 14.5 Å². The average molecular weight is 556 g/mol. The summed E-state index contributed by atoms with van der Waals surface area (Å²) in [7, 11) is 0. The molecule has 2 aromatic carbocycles. The van der Waals surface area contributed by atoms with Gasteiger partial charge in [-0.1, -0.05) is 36.5 Å². The predicted octanol–water partition coefficient (Wildman–Crippen LogP) is 4.90. The molecule has 204 valence electrons. The summed E-state index contributed by atoms with van der Waals surface area (Å²) in [5.41, 5.74) is 3.15. The van der Waals surface area contributed by atoms with E-state index in [2.05, 4.69) is 27.5 Å². The van der Waals surface area contributed by atoms with Crippen LogP contribution in [0.4, 0.5) is 16.2 Å². The van der Waals surface area contributed by atoms with E-state index in [-0.39, 0.29) is 29.9 Å². The third kappa shape index (κ3) is 4.90. The van der Waals surface area contributed by atoms with E-state index < -0.39 is 11.3 Å². The summed E-state index contributed by atoms with van der Waals surface area (Å²) >= 11 is 1.37. The minimum Gasteiger partial charge on any atom is -0.457 e. The van der Waals surface area contributed by atoms with Gasteiger partial charge in [0.05, 0.1) is 17.4 Å². The fourth-order valence-electron chi connectivity index (χ4n) is 5.62. The highest BCUT2D eigenvalue weighted by Crippen LogP contribution is 2.51. The highest BCUT2D eigenvalue weighted by atomic mass is 32.2. The molecule has 1 aliphatic carbocycles. The summed E-state index contributed by atoms with van der Waals surface area (Å²) < 4.78 is 5.97. The van der Waals surface area contributed by atoms with E-state index in [1.54, 1.807) is 11.1 Å². The molecule has 4 amide bonds. The molecular weight excluding hydrogens is 526 g/mol. The Kier molecular flexibility index (Phi) is 6.93. The Balaban J connectivity index is 1.20. The molecule has 9 nitrogen and oxygen atoms in total. The third-order valence-corrected chi connectivity index (χ3v) is 8.75. The number of nitrogens with zero attached hydrogens (tertiary/aromatic N) is 2. The second kappa shape index (κ2) is 10.7. The van der Waals surface area contributed by atoms with Gasteiger partial charge in [0.1, 0.15) is 21.8 Å². The molecule has 3 N–H and O–H groups in total. The lowest BCUT2D eigenvalue weighted by molar-refractivity contribution is -0.121. The van der Waals surface area contributed by atoms with Gasteiger partial charge in [-0.25, -0.2) is 9.78 Å². The van der Waals surface area contributed by atoms with E-state index in [1.165, 1.54) is 17.8 Å². The summed E-state index contributed by atoms with van der Waals surface area (Å²) in [4.78, 5) is 44.8. The summed E-state index contributed by atoms with van der Waals surface area (Å²) in [6.45, 7) is 5.43. The van der Waals surface area contributed by atoms with Crippen molar-refractivity contribution in [3.63, 3.8) is 0 Å². The maximum atomic E-state index is 13.5. The van der Waals surface area contributed by atoms with Crippen molar-refractivity contribution in [1.29, 1.82) is 0 Å². The Bertz CT molecular complexity index is 1500. The van der Waals surface area contributed by atoms with Gasteiger partial charge in [0.2, 0.25) is 11.8 Å². The summed E-state index contributed by atoms with van der Waals surface area (Å²) in [5, 5.41) is 9.30. The van der Waals surface area contributed by atoms with Gasteiger partial charge in [0.15, 0.2) is 0 Å². The van der Waals surface area contributed by atoms with Crippen molar-refractivity contribution in [2.45, 2.75) is 54.6 Å². The number of aryl methyl sites for hydroxylation is 1. The van der Waals surface area contributed by atoms with E-state index in [1.807, 2.05) is 61.5 Å². The number of benzene rings is 2. The summed E-state index contributed by atoms with van der Waals surface area (Å²) in [5.74, 6) is 1.05. The quantitative estimate of drug-likeness (QED) is 0.358. The second-order valence-electron chi connectivity index (χ2n) is 10.1. The molecule has 2 unspecified atom stereocenters.